The topological polar surface area (TPSA) is 98.3 Å². The standard InChI is InChI=1S/C13H14N2O4/c1-18-11(16)13(4-5-13)10(14)7-2-3-8-9(6-7)19-12(17)15-8/h2-3,6,10H,4-5,14H2,1H3,(H,15,17). The van der Waals surface area contributed by atoms with Crippen molar-refractivity contribution in [1.82, 2.24) is 4.98 Å². The number of benzene rings is 1. The van der Waals surface area contributed by atoms with Crippen LogP contribution >= 0.6 is 0 Å². The van der Waals surface area contributed by atoms with Crippen LogP contribution in [0.5, 0.6) is 0 Å². The predicted molar refractivity (Wildman–Crippen MR) is 67.4 cm³/mol. The number of carbonyl (C=O) groups is 1. The summed E-state index contributed by atoms with van der Waals surface area (Å²) in [4.78, 5) is 25.5. The minimum Gasteiger partial charge on any atom is -0.469 e. The number of methoxy groups -OCH3 is 1. The van der Waals surface area contributed by atoms with Crippen LogP contribution in [0.15, 0.2) is 27.4 Å². The second-order valence-electron chi connectivity index (χ2n) is 4.90. The largest absolute Gasteiger partial charge is 0.469 e. The lowest BCUT2D eigenvalue weighted by Gasteiger charge is -2.21. The summed E-state index contributed by atoms with van der Waals surface area (Å²) < 4.78 is 9.81. The third-order valence-electron chi connectivity index (χ3n) is 3.78. The van der Waals surface area contributed by atoms with E-state index >= 15 is 0 Å². The molecule has 0 aliphatic heterocycles. The molecule has 0 amide bonds. The molecule has 19 heavy (non-hydrogen) atoms. The van der Waals surface area contributed by atoms with Crippen molar-refractivity contribution in [3.8, 4) is 0 Å². The van der Waals surface area contributed by atoms with Crippen LogP contribution in [0.3, 0.4) is 0 Å². The summed E-state index contributed by atoms with van der Waals surface area (Å²) in [6.07, 6.45) is 1.44. The van der Waals surface area contributed by atoms with Crippen molar-refractivity contribution in [2.45, 2.75) is 18.9 Å². The Morgan fingerprint density at radius 1 is 1.53 bits per heavy atom. The van der Waals surface area contributed by atoms with Gasteiger partial charge >= 0.3 is 11.7 Å². The SMILES string of the molecule is COC(=O)C1(C(N)c2ccc3[nH]c(=O)oc3c2)CC1. The zero-order valence-electron chi connectivity index (χ0n) is 10.4. The number of fused-ring (bicyclic) bond motifs is 1. The van der Waals surface area contributed by atoms with Gasteiger partial charge in [-0.05, 0) is 30.5 Å². The van der Waals surface area contributed by atoms with Gasteiger partial charge in [0.05, 0.1) is 18.0 Å². The molecule has 1 aliphatic rings. The Morgan fingerprint density at radius 2 is 2.26 bits per heavy atom. The Bertz CT molecular complexity index is 696. The van der Waals surface area contributed by atoms with E-state index in [1.54, 1.807) is 18.2 Å². The third kappa shape index (κ3) is 1.76. The van der Waals surface area contributed by atoms with Crippen LogP contribution in [0.2, 0.25) is 0 Å². The first-order valence-corrected chi connectivity index (χ1v) is 6.03. The van der Waals surface area contributed by atoms with Gasteiger partial charge in [-0.3, -0.25) is 9.78 Å². The molecule has 1 fully saturated rings. The van der Waals surface area contributed by atoms with Crippen LogP contribution in [-0.2, 0) is 9.53 Å². The fourth-order valence-corrected chi connectivity index (χ4v) is 2.45. The van der Waals surface area contributed by atoms with Crippen molar-refractivity contribution in [1.29, 1.82) is 0 Å². The first-order valence-electron chi connectivity index (χ1n) is 6.03. The van der Waals surface area contributed by atoms with Gasteiger partial charge in [0.1, 0.15) is 0 Å². The highest BCUT2D eigenvalue weighted by molar-refractivity contribution is 5.81. The van der Waals surface area contributed by atoms with Crippen LogP contribution in [0.25, 0.3) is 11.1 Å². The van der Waals surface area contributed by atoms with Gasteiger partial charge in [-0.25, -0.2) is 4.79 Å². The number of nitrogens with one attached hydrogen (secondary N) is 1. The zero-order chi connectivity index (χ0) is 13.6. The Balaban J connectivity index is 2.00. The van der Waals surface area contributed by atoms with Gasteiger partial charge in [-0.15, -0.1) is 0 Å². The molecule has 0 spiro atoms. The van der Waals surface area contributed by atoms with E-state index in [-0.39, 0.29) is 5.97 Å². The van der Waals surface area contributed by atoms with E-state index in [4.69, 9.17) is 14.9 Å². The Kier molecular flexibility index (Phi) is 2.50. The minimum atomic E-state index is -0.626. The molecule has 0 radical (unpaired) electrons. The molecular weight excluding hydrogens is 248 g/mol. The first-order chi connectivity index (χ1) is 9.06. The van der Waals surface area contributed by atoms with E-state index in [0.717, 1.165) is 18.4 Å². The molecular formula is C13H14N2O4. The van der Waals surface area contributed by atoms with E-state index in [1.165, 1.54) is 7.11 Å². The Labute approximate surface area is 108 Å². The van der Waals surface area contributed by atoms with E-state index in [0.29, 0.717) is 11.1 Å². The summed E-state index contributed by atoms with van der Waals surface area (Å²) in [6, 6.07) is 4.76. The number of aromatic nitrogens is 1. The van der Waals surface area contributed by atoms with Crippen molar-refractivity contribution in [3.05, 3.63) is 34.3 Å². The Morgan fingerprint density at radius 3 is 2.89 bits per heavy atom. The molecule has 1 aliphatic carbocycles. The fraction of sp³-hybridized carbons (Fsp3) is 0.385. The molecule has 1 saturated carbocycles. The second kappa shape index (κ2) is 3.96. The van der Waals surface area contributed by atoms with Crippen molar-refractivity contribution in [2.75, 3.05) is 7.11 Å². The van der Waals surface area contributed by atoms with Crippen molar-refractivity contribution < 1.29 is 13.9 Å². The van der Waals surface area contributed by atoms with Gasteiger partial charge in [-0.1, -0.05) is 6.07 Å². The molecule has 3 rings (SSSR count). The number of nitrogens with two attached hydrogens (primary N) is 1. The first kappa shape index (κ1) is 12.0. The molecule has 3 N–H and O–H groups in total. The number of oxazole rings is 1. The second-order valence-corrected chi connectivity index (χ2v) is 4.90. The molecule has 1 atom stereocenters. The monoisotopic (exact) mass is 262 g/mol. The molecule has 6 nitrogen and oxygen atoms in total. The molecule has 100 valence electrons. The number of H-pyrrole nitrogens is 1. The van der Waals surface area contributed by atoms with Crippen molar-refractivity contribution >= 4 is 17.1 Å². The average molecular weight is 262 g/mol. The molecule has 1 unspecified atom stereocenters. The summed E-state index contributed by atoms with van der Waals surface area (Å²) in [6.45, 7) is 0. The summed E-state index contributed by atoms with van der Waals surface area (Å²) >= 11 is 0. The molecule has 1 aromatic heterocycles. The predicted octanol–water partition coefficient (Wildman–Crippen LogP) is 1.07. The fourth-order valence-electron chi connectivity index (χ4n) is 2.45. The highest BCUT2D eigenvalue weighted by Crippen LogP contribution is 2.54. The smallest absolute Gasteiger partial charge is 0.417 e. The lowest BCUT2D eigenvalue weighted by Crippen LogP contribution is -2.31. The number of hydrogen-bond donors (Lipinski definition) is 2. The Hall–Kier alpha value is -2.08. The zero-order valence-corrected chi connectivity index (χ0v) is 10.4. The van der Waals surface area contributed by atoms with Gasteiger partial charge in [0.15, 0.2) is 5.58 Å². The maximum absolute atomic E-state index is 11.8. The highest BCUT2D eigenvalue weighted by Gasteiger charge is 2.56. The summed E-state index contributed by atoms with van der Waals surface area (Å²) in [5, 5.41) is 0. The maximum atomic E-state index is 11.8. The number of esters is 1. The minimum absolute atomic E-state index is 0.282. The lowest BCUT2D eigenvalue weighted by molar-refractivity contribution is -0.148. The van der Waals surface area contributed by atoms with Crippen LogP contribution in [0.1, 0.15) is 24.4 Å². The van der Waals surface area contributed by atoms with Crippen LogP contribution in [0.4, 0.5) is 0 Å². The van der Waals surface area contributed by atoms with Gasteiger partial charge in [0.2, 0.25) is 0 Å². The van der Waals surface area contributed by atoms with E-state index in [2.05, 4.69) is 4.98 Å². The molecule has 1 heterocycles. The van der Waals surface area contributed by atoms with Crippen molar-refractivity contribution in [2.24, 2.45) is 11.1 Å². The number of hydrogen-bond acceptors (Lipinski definition) is 5. The molecule has 1 aromatic carbocycles. The maximum Gasteiger partial charge on any atom is 0.417 e. The number of aromatic amines is 1. The average Bonchev–Trinajstić information content (AvgIpc) is 3.13. The summed E-state index contributed by atoms with van der Waals surface area (Å²) in [7, 11) is 1.36. The van der Waals surface area contributed by atoms with Crippen LogP contribution in [0, 0.1) is 5.41 Å². The quantitative estimate of drug-likeness (QED) is 0.806. The van der Waals surface area contributed by atoms with Crippen LogP contribution in [-0.4, -0.2) is 18.1 Å². The molecule has 0 saturated heterocycles. The van der Waals surface area contributed by atoms with Crippen LogP contribution < -0.4 is 11.5 Å². The highest BCUT2D eigenvalue weighted by atomic mass is 16.5. The number of rotatable bonds is 3. The summed E-state index contributed by atoms with van der Waals surface area (Å²) in [5.74, 6) is -0.787. The van der Waals surface area contributed by atoms with E-state index in [9.17, 15) is 9.59 Å². The van der Waals surface area contributed by atoms with E-state index < -0.39 is 17.2 Å². The lowest BCUT2D eigenvalue weighted by atomic mass is 9.91. The number of ether oxygens (including phenoxy) is 1. The molecule has 0 bridgehead atoms. The number of carbonyl (C=O) groups excluding carboxylic acids is 1. The van der Waals surface area contributed by atoms with Crippen molar-refractivity contribution in [3.63, 3.8) is 0 Å². The summed E-state index contributed by atoms with van der Waals surface area (Å²) in [5.41, 5.74) is 7.37. The van der Waals surface area contributed by atoms with E-state index in [1.807, 2.05) is 0 Å². The van der Waals surface area contributed by atoms with Gasteiger partial charge in [0.25, 0.3) is 0 Å². The normalized spacial score (nSPS) is 18.2. The van der Waals surface area contributed by atoms with Gasteiger partial charge in [-0.2, -0.15) is 0 Å². The van der Waals surface area contributed by atoms with Gasteiger partial charge < -0.3 is 14.9 Å². The molecule has 6 heteroatoms. The van der Waals surface area contributed by atoms with Gasteiger partial charge in [0, 0.05) is 6.04 Å². The molecule has 2 aromatic rings. The third-order valence-corrected chi connectivity index (χ3v) is 3.78.